The monoisotopic (exact) mass is 222 g/mol. The lowest BCUT2D eigenvalue weighted by molar-refractivity contribution is -0.132. The molecular formula is C11H18N4O. The first-order chi connectivity index (χ1) is 7.68. The van der Waals surface area contributed by atoms with E-state index in [1.165, 1.54) is 0 Å². The Balaban J connectivity index is 1.94. The normalized spacial score (nSPS) is 20.0. The molecule has 2 rings (SSSR count). The Hall–Kier alpha value is -1.36. The Morgan fingerprint density at radius 3 is 3.12 bits per heavy atom. The molecule has 1 aliphatic heterocycles. The van der Waals surface area contributed by atoms with Crippen LogP contribution in [0.2, 0.25) is 0 Å². The lowest BCUT2D eigenvalue weighted by Gasteiger charge is -2.20. The summed E-state index contributed by atoms with van der Waals surface area (Å²) in [5.41, 5.74) is 0. The average Bonchev–Trinajstić information content (AvgIpc) is 2.89. The fourth-order valence-corrected chi connectivity index (χ4v) is 2.00. The average molecular weight is 222 g/mol. The number of amides is 1. The summed E-state index contributed by atoms with van der Waals surface area (Å²) in [7, 11) is 3.77. The number of aromatic nitrogens is 2. The smallest absolute Gasteiger partial charge is 0.239 e. The minimum Gasteiger partial charge on any atom is -0.337 e. The third-order valence-corrected chi connectivity index (χ3v) is 3.03. The summed E-state index contributed by atoms with van der Waals surface area (Å²) < 4.78 is 1.94. The number of likely N-dealkylation sites (N-methyl/N-ethyl adjacent to an activating group) is 1. The Kier molecular flexibility index (Phi) is 3.24. The van der Waals surface area contributed by atoms with Gasteiger partial charge in [-0.2, -0.15) is 0 Å². The van der Waals surface area contributed by atoms with Crippen LogP contribution in [0.15, 0.2) is 12.4 Å². The van der Waals surface area contributed by atoms with E-state index < -0.39 is 0 Å². The van der Waals surface area contributed by atoms with E-state index in [-0.39, 0.29) is 11.9 Å². The van der Waals surface area contributed by atoms with E-state index in [0.29, 0.717) is 6.54 Å². The zero-order valence-electron chi connectivity index (χ0n) is 9.81. The summed E-state index contributed by atoms with van der Waals surface area (Å²) in [6.07, 6.45) is 5.68. The van der Waals surface area contributed by atoms with Gasteiger partial charge < -0.3 is 14.8 Å². The molecule has 0 unspecified atom stereocenters. The number of carbonyl (C=O) groups is 1. The maximum atomic E-state index is 12.0. The largest absolute Gasteiger partial charge is 0.337 e. The Morgan fingerprint density at radius 2 is 2.56 bits per heavy atom. The van der Waals surface area contributed by atoms with Gasteiger partial charge in [-0.25, -0.2) is 4.98 Å². The minimum atomic E-state index is 0.00488. The quantitative estimate of drug-likeness (QED) is 0.791. The van der Waals surface area contributed by atoms with Gasteiger partial charge in [-0.05, 0) is 19.4 Å². The first kappa shape index (κ1) is 11.1. The SMILES string of the molecule is CN(Cc1nccn1C)C(=O)[C@@H]1CCCN1. The van der Waals surface area contributed by atoms with Crippen molar-refractivity contribution in [2.75, 3.05) is 13.6 Å². The third kappa shape index (κ3) is 2.24. The van der Waals surface area contributed by atoms with Crippen molar-refractivity contribution in [1.82, 2.24) is 19.8 Å². The summed E-state index contributed by atoms with van der Waals surface area (Å²) in [4.78, 5) is 18.0. The number of hydrogen-bond donors (Lipinski definition) is 1. The highest BCUT2D eigenvalue weighted by atomic mass is 16.2. The third-order valence-electron chi connectivity index (χ3n) is 3.03. The molecule has 1 aromatic heterocycles. The maximum Gasteiger partial charge on any atom is 0.239 e. The molecule has 1 saturated heterocycles. The van der Waals surface area contributed by atoms with Crippen molar-refractivity contribution < 1.29 is 4.79 Å². The van der Waals surface area contributed by atoms with E-state index >= 15 is 0 Å². The van der Waals surface area contributed by atoms with Crippen LogP contribution in [0.25, 0.3) is 0 Å². The summed E-state index contributed by atoms with van der Waals surface area (Å²) in [5.74, 6) is 1.08. The Morgan fingerprint density at radius 1 is 1.75 bits per heavy atom. The zero-order valence-corrected chi connectivity index (χ0v) is 9.81. The van der Waals surface area contributed by atoms with Gasteiger partial charge in [-0.3, -0.25) is 4.79 Å². The number of carbonyl (C=O) groups excluding carboxylic acids is 1. The highest BCUT2D eigenvalue weighted by Crippen LogP contribution is 2.09. The first-order valence-corrected chi connectivity index (χ1v) is 5.63. The molecule has 0 aliphatic carbocycles. The van der Waals surface area contributed by atoms with E-state index in [1.54, 1.807) is 11.1 Å². The van der Waals surface area contributed by atoms with Crippen molar-refractivity contribution in [3.05, 3.63) is 18.2 Å². The molecule has 0 saturated carbocycles. The first-order valence-electron chi connectivity index (χ1n) is 5.63. The molecule has 0 aromatic carbocycles. The van der Waals surface area contributed by atoms with Crippen molar-refractivity contribution in [1.29, 1.82) is 0 Å². The number of nitrogens with zero attached hydrogens (tertiary/aromatic N) is 3. The number of nitrogens with one attached hydrogen (secondary N) is 1. The lowest BCUT2D eigenvalue weighted by Crippen LogP contribution is -2.41. The van der Waals surface area contributed by atoms with Crippen LogP contribution in [-0.4, -0.2) is 40.0 Å². The molecular weight excluding hydrogens is 204 g/mol. The fraction of sp³-hybridized carbons (Fsp3) is 0.636. The molecule has 1 amide bonds. The van der Waals surface area contributed by atoms with Crippen LogP contribution in [0.3, 0.4) is 0 Å². The van der Waals surface area contributed by atoms with Crippen molar-refractivity contribution in [2.45, 2.75) is 25.4 Å². The molecule has 0 bridgehead atoms. The molecule has 1 aromatic rings. The van der Waals surface area contributed by atoms with Crippen molar-refractivity contribution in [3.63, 3.8) is 0 Å². The van der Waals surface area contributed by atoms with Crippen LogP contribution in [0.5, 0.6) is 0 Å². The number of aryl methyl sites for hydroxylation is 1. The van der Waals surface area contributed by atoms with Crippen LogP contribution in [0.1, 0.15) is 18.7 Å². The molecule has 0 spiro atoms. The van der Waals surface area contributed by atoms with Gasteiger partial charge in [0.15, 0.2) is 0 Å². The molecule has 1 aliphatic rings. The number of rotatable bonds is 3. The fourth-order valence-electron chi connectivity index (χ4n) is 2.00. The van der Waals surface area contributed by atoms with Crippen molar-refractivity contribution in [2.24, 2.45) is 7.05 Å². The maximum absolute atomic E-state index is 12.0. The second-order valence-corrected chi connectivity index (χ2v) is 4.30. The van der Waals surface area contributed by atoms with Gasteiger partial charge in [0.05, 0.1) is 12.6 Å². The second-order valence-electron chi connectivity index (χ2n) is 4.30. The lowest BCUT2D eigenvalue weighted by atomic mass is 10.2. The van der Waals surface area contributed by atoms with E-state index in [2.05, 4.69) is 10.3 Å². The van der Waals surface area contributed by atoms with E-state index in [0.717, 1.165) is 25.2 Å². The second kappa shape index (κ2) is 4.65. The van der Waals surface area contributed by atoms with Gasteiger partial charge in [-0.15, -0.1) is 0 Å². The highest BCUT2D eigenvalue weighted by Gasteiger charge is 2.25. The van der Waals surface area contributed by atoms with Crippen LogP contribution in [0, 0.1) is 0 Å². The van der Waals surface area contributed by atoms with Crippen LogP contribution >= 0.6 is 0 Å². The Bertz CT molecular complexity index is 368. The molecule has 1 atom stereocenters. The van der Waals surface area contributed by atoms with Gasteiger partial charge in [0, 0.05) is 26.5 Å². The summed E-state index contributed by atoms with van der Waals surface area (Å²) in [6.45, 7) is 1.52. The van der Waals surface area contributed by atoms with E-state index in [1.807, 2.05) is 24.9 Å². The van der Waals surface area contributed by atoms with E-state index in [4.69, 9.17) is 0 Å². The highest BCUT2D eigenvalue weighted by molar-refractivity contribution is 5.81. The van der Waals surface area contributed by atoms with Gasteiger partial charge in [0.25, 0.3) is 0 Å². The molecule has 88 valence electrons. The molecule has 0 radical (unpaired) electrons. The van der Waals surface area contributed by atoms with Gasteiger partial charge in [-0.1, -0.05) is 0 Å². The zero-order chi connectivity index (χ0) is 11.5. The topological polar surface area (TPSA) is 50.2 Å². The van der Waals surface area contributed by atoms with Crippen LogP contribution in [0.4, 0.5) is 0 Å². The molecule has 5 heteroatoms. The van der Waals surface area contributed by atoms with E-state index in [9.17, 15) is 4.79 Å². The Labute approximate surface area is 95.5 Å². The van der Waals surface area contributed by atoms with Gasteiger partial charge in [0.2, 0.25) is 5.91 Å². The number of imidazole rings is 1. The van der Waals surface area contributed by atoms with Crippen LogP contribution in [-0.2, 0) is 18.4 Å². The molecule has 5 nitrogen and oxygen atoms in total. The van der Waals surface area contributed by atoms with Gasteiger partial charge >= 0.3 is 0 Å². The van der Waals surface area contributed by atoms with Crippen molar-refractivity contribution >= 4 is 5.91 Å². The standard InChI is InChI=1S/C11H18N4O/c1-14-7-6-13-10(14)8-15(2)11(16)9-4-3-5-12-9/h6-7,9,12H,3-5,8H2,1-2H3/t9-/m0/s1. The predicted octanol–water partition coefficient (Wildman–Crippen LogP) is 0.130. The summed E-state index contributed by atoms with van der Waals surface area (Å²) >= 11 is 0. The van der Waals surface area contributed by atoms with Crippen molar-refractivity contribution in [3.8, 4) is 0 Å². The van der Waals surface area contributed by atoms with Crippen LogP contribution < -0.4 is 5.32 Å². The number of hydrogen-bond acceptors (Lipinski definition) is 3. The molecule has 2 heterocycles. The molecule has 1 fully saturated rings. The molecule has 16 heavy (non-hydrogen) atoms. The summed E-state index contributed by atoms with van der Waals surface area (Å²) in [5, 5.41) is 3.21. The minimum absolute atomic E-state index is 0.00488. The predicted molar refractivity (Wildman–Crippen MR) is 60.7 cm³/mol. The van der Waals surface area contributed by atoms with Gasteiger partial charge in [0.1, 0.15) is 5.82 Å². The summed E-state index contributed by atoms with van der Waals surface area (Å²) in [6, 6.07) is 0.00488. The molecule has 1 N–H and O–H groups in total.